The first kappa shape index (κ1) is 12.9. The number of nitrogens with one attached hydrogen (secondary N) is 1. The summed E-state index contributed by atoms with van der Waals surface area (Å²) in [5.41, 5.74) is 1.17. The van der Waals surface area contributed by atoms with Crippen molar-refractivity contribution in [3.05, 3.63) is 28.7 Å². The van der Waals surface area contributed by atoms with Crippen LogP contribution in [0.1, 0.15) is 6.42 Å². The molecule has 1 aromatic rings. The van der Waals surface area contributed by atoms with Gasteiger partial charge in [0.2, 0.25) is 0 Å². The Morgan fingerprint density at radius 3 is 3.12 bits per heavy atom. The molecule has 0 amide bonds. The van der Waals surface area contributed by atoms with Gasteiger partial charge in [0.1, 0.15) is 0 Å². The molecule has 0 radical (unpaired) electrons. The summed E-state index contributed by atoms with van der Waals surface area (Å²) in [6.07, 6.45) is 1.59. The first-order valence-corrected chi connectivity index (χ1v) is 6.82. The van der Waals surface area contributed by atoms with Crippen molar-refractivity contribution in [2.75, 3.05) is 38.6 Å². The van der Waals surface area contributed by atoms with E-state index in [1.54, 1.807) is 7.11 Å². The fraction of sp³-hybridized carbons (Fsp3) is 0.538. The molecule has 1 atom stereocenters. The van der Waals surface area contributed by atoms with Crippen LogP contribution in [-0.2, 0) is 4.74 Å². The van der Waals surface area contributed by atoms with Gasteiger partial charge in [0.25, 0.3) is 0 Å². The molecular weight excluding hydrogens is 280 g/mol. The van der Waals surface area contributed by atoms with Crippen LogP contribution in [0.2, 0.25) is 0 Å². The van der Waals surface area contributed by atoms with Gasteiger partial charge in [0.15, 0.2) is 0 Å². The smallest absolute Gasteiger partial charge is 0.0710 e. The summed E-state index contributed by atoms with van der Waals surface area (Å²) in [5, 5.41) is 3.43. The lowest BCUT2D eigenvalue weighted by Crippen LogP contribution is -2.28. The van der Waals surface area contributed by atoms with Crippen molar-refractivity contribution in [2.45, 2.75) is 12.5 Å². The van der Waals surface area contributed by atoms with E-state index in [0.717, 1.165) is 37.1 Å². The third-order valence-electron chi connectivity index (χ3n) is 3.14. The highest BCUT2D eigenvalue weighted by Gasteiger charge is 2.20. The second-order valence-electron chi connectivity index (χ2n) is 4.38. The second-order valence-corrected chi connectivity index (χ2v) is 5.30. The maximum atomic E-state index is 5.35. The molecule has 1 unspecified atom stereocenters. The van der Waals surface area contributed by atoms with Crippen LogP contribution in [0.15, 0.2) is 28.7 Å². The molecule has 4 heteroatoms. The molecule has 0 saturated carbocycles. The Hall–Kier alpha value is -0.580. The summed E-state index contributed by atoms with van der Waals surface area (Å²) < 4.78 is 6.47. The number of hydrogen-bond donors (Lipinski definition) is 1. The molecule has 2 rings (SSSR count). The molecule has 1 heterocycles. The van der Waals surface area contributed by atoms with Crippen LogP contribution >= 0.6 is 15.9 Å². The molecule has 1 fully saturated rings. The van der Waals surface area contributed by atoms with Crippen LogP contribution in [0.3, 0.4) is 0 Å². The van der Waals surface area contributed by atoms with Crippen molar-refractivity contribution < 1.29 is 4.74 Å². The Morgan fingerprint density at radius 1 is 1.53 bits per heavy atom. The van der Waals surface area contributed by atoms with E-state index >= 15 is 0 Å². The molecule has 1 aromatic carbocycles. The Morgan fingerprint density at radius 2 is 2.41 bits per heavy atom. The van der Waals surface area contributed by atoms with E-state index in [0.29, 0.717) is 6.10 Å². The summed E-state index contributed by atoms with van der Waals surface area (Å²) in [5.74, 6) is 0. The zero-order chi connectivity index (χ0) is 12.1. The lowest BCUT2D eigenvalue weighted by molar-refractivity contribution is 0.108. The highest BCUT2D eigenvalue weighted by molar-refractivity contribution is 9.10. The van der Waals surface area contributed by atoms with Crippen molar-refractivity contribution in [3.8, 4) is 0 Å². The van der Waals surface area contributed by atoms with Crippen LogP contribution in [0.5, 0.6) is 0 Å². The summed E-state index contributed by atoms with van der Waals surface area (Å²) in [6.45, 7) is 4.27. The van der Waals surface area contributed by atoms with E-state index < -0.39 is 0 Å². The van der Waals surface area contributed by atoms with Crippen molar-refractivity contribution in [1.29, 1.82) is 0 Å². The van der Waals surface area contributed by atoms with Crippen molar-refractivity contribution in [1.82, 2.24) is 4.90 Å². The highest BCUT2D eigenvalue weighted by Crippen LogP contribution is 2.16. The zero-order valence-electron chi connectivity index (χ0n) is 10.2. The lowest BCUT2D eigenvalue weighted by Gasteiger charge is -2.16. The van der Waals surface area contributed by atoms with E-state index in [4.69, 9.17) is 4.74 Å². The van der Waals surface area contributed by atoms with E-state index in [2.05, 4.69) is 38.3 Å². The summed E-state index contributed by atoms with van der Waals surface area (Å²) >= 11 is 3.47. The maximum absolute atomic E-state index is 5.35. The zero-order valence-corrected chi connectivity index (χ0v) is 11.7. The molecule has 1 N–H and O–H groups in total. The SMILES string of the molecule is COC1CCN(CCNc2cccc(Br)c2)C1. The van der Waals surface area contributed by atoms with Gasteiger partial charge in [0, 0.05) is 43.4 Å². The normalized spacial score (nSPS) is 20.7. The average Bonchev–Trinajstić information content (AvgIpc) is 2.77. The molecule has 0 aromatic heterocycles. The Labute approximate surface area is 111 Å². The quantitative estimate of drug-likeness (QED) is 0.904. The predicted octanol–water partition coefficient (Wildman–Crippen LogP) is 2.58. The van der Waals surface area contributed by atoms with Crippen LogP contribution in [0, 0.1) is 0 Å². The maximum Gasteiger partial charge on any atom is 0.0710 e. The number of halogens is 1. The van der Waals surface area contributed by atoms with E-state index in [9.17, 15) is 0 Å². The largest absolute Gasteiger partial charge is 0.384 e. The molecule has 1 saturated heterocycles. The van der Waals surface area contributed by atoms with Gasteiger partial charge in [0.05, 0.1) is 6.10 Å². The minimum atomic E-state index is 0.431. The first-order chi connectivity index (χ1) is 8.28. The van der Waals surface area contributed by atoms with Gasteiger partial charge in [-0.3, -0.25) is 4.90 Å². The van der Waals surface area contributed by atoms with Gasteiger partial charge in [-0.2, -0.15) is 0 Å². The number of rotatable bonds is 5. The summed E-state index contributed by atoms with van der Waals surface area (Å²) in [7, 11) is 1.80. The van der Waals surface area contributed by atoms with E-state index in [1.165, 1.54) is 5.69 Å². The fourth-order valence-electron chi connectivity index (χ4n) is 2.15. The average molecular weight is 299 g/mol. The van der Waals surface area contributed by atoms with Crippen molar-refractivity contribution >= 4 is 21.6 Å². The number of benzene rings is 1. The van der Waals surface area contributed by atoms with Gasteiger partial charge >= 0.3 is 0 Å². The number of anilines is 1. The van der Waals surface area contributed by atoms with E-state index in [1.807, 2.05) is 12.1 Å². The van der Waals surface area contributed by atoms with Gasteiger partial charge in [-0.05, 0) is 24.6 Å². The van der Waals surface area contributed by atoms with Gasteiger partial charge in [-0.1, -0.05) is 22.0 Å². The summed E-state index contributed by atoms with van der Waals surface area (Å²) in [6, 6.07) is 8.27. The first-order valence-electron chi connectivity index (χ1n) is 6.02. The lowest BCUT2D eigenvalue weighted by atomic mass is 10.3. The fourth-order valence-corrected chi connectivity index (χ4v) is 2.55. The third-order valence-corrected chi connectivity index (χ3v) is 3.64. The molecule has 0 spiro atoms. The van der Waals surface area contributed by atoms with Gasteiger partial charge in [-0.15, -0.1) is 0 Å². The minimum Gasteiger partial charge on any atom is -0.384 e. The molecule has 0 aliphatic carbocycles. The van der Waals surface area contributed by atoms with Gasteiger partial charge < -0.3 is 10.1 Å². The number of hydrogen-bond acceptors (Lipinski definition) is 3. The highest BCUT2D eigenvalue weighted by atomic mass is 79.9. The third kappa shape index (κ3) is 3.98. The molecule has 17 heavy (non-hydrogen) atoms. The topological polar surface area (TPSA) is 24.5 Å². The number of methoxy groups -OCH3 is 1. The Bertz CT molecular complexity index is 359. The summed E-state index contributed by atoms with van der Waals surface area (Å²) in [4.78, 5) is 2.44. The van der Waals surface area contributed by atoms with Crippen molar-refractivity contribution in [2.24, 2.45) is 0 Å². The molecule has 3 nitrogen and oxygen atoms in total. The van der Waals surface area contributed by atoms with Crippen LogP contribution < -0.4 is 5.32 Å². The van der Waals surface area contributed by atoms with E-state index in [-0.39, 0.29) is 0 Å². The molecule has 0 bridgehead atoms. The van der Waals surface area contributed by atoms with Gasteiger partial charge in [-0.25, -0.2) is 0 Å². The standard InChI is InChI=1S/C13H19BrN2O/c1-17-13-5-7-16(10-13)8-6-15-12-4-2-3-11(14)9-12/h2-4,9,13,15H,5-8,10H2,1H3. The van der Waals surface area contributed by atoms with Crippen LogP contribution in [0.4, 0.5) is 5.69 Å². The van der Waals surface area contributed by atoms with Crippen LogP contribution in [0.25, 0.3) is 0 Å². The monoisotopic (exact) mass is 298 g/mol. The molecule has 94 valence electrons. The minimum absolute atomic E-state index is 0.431. The number of nitrogens with zero attached hydrogens (tertiary/aromatic N) is 1. The number of ether oxygens (including phenoxy) is 1. The van der Waals surface area contributed by atoms with Crippen molar-refractivity contribution in [3.63, 3.8) is 0 Å². The molecule has 1 aliphatic rings. The number of likely N-dealkylation sites (tertiary alicyclic amines) is 1. The Kier molecular flexibility index (Phi) is 4.83. The molecular formula is C13H19BrN2O. The van der Waals surface area contributed by atoms with Crippen LogP contribution in [-0.4, -0.2) is 44.3 Å². The predicted molar refractivity (Wildman–Crippen MR) is 74.5 cm³/mol. The Balaban J connectivity index is 1.70. The molecule has 1 aliphatic heterocycles. The second kappa shape index (κ2) is 6.38.